The van der Waals surface area contributed by atoms with E-state index in [1.807, 2.05) is 13.2 Å². The lowest BCUT2D eigenvalue weighted by molar-refractivity contribution is -0.482. The van der Waals surface area contributed by atoms with Crippen LogP contribution in [0.25, 0.3) is 0 Å². The molecular formula is C27H30F9N5O4S3. The van der Waals surface area contributed by atoms with Gasteiger partial charge in [-0.25, -0.2) is 14.3 Å². The molecule has 0 spiro atoms. The van der Waals surface area contributed by atoms with Gasteiger partial charge in [-0.15, -0.1) is 0 Å². The summed E-state index contributed by atoms with van der Waals surface area (Å²) < 4.78 is 136. The molecule has 0 saturated heterocycles. The normalized spacial score (nSPS) is 15.6. The Morgan fingerprint density at radius 1 is 0.771 bits per heavy atom. The molecule has 3 heterocycles. The summed E-state index contributed by atoms with van der Waals surface area (Å²) in [5.41, 5.74) is -1.31. The fourth-order valence-corrected chi connectivity index (χ4v) is 5.21. The third kappa shape index (κ3) is 13.7. The second-order valence-corrected chi connectivity index (χ2v) is 15.2. The number of nitro groups is 1. The van der Waals surface area contributed by atoms with E-state index in [2.05, 4.69) is 19.4 Å². The summed E-state index contributed by atoms with van der Waals surface area (Å²) in [6, 6.07) is 6.51. The highest BCUT2D eigenvalue weighted by Crippen LogP contribution is 2.31. The minimum Gasteiger partial charge on any atom is -0.259 e. The maximum Gasteiger partial charge on any atom is 0.433 e. The molecule has 0 radical (unpaired) electrons. The molecule has 3 rings (SSSR count). The van der Waals surface area contributed by atoms with E-state index in [-0.39, 0.29) is 16.1 Å². The van der Waals surface area contributed by atoms with Gasteiger partial charge in [-0.3, -0.25) is 19.2 Å². The number of halogens is 9. The first-order chi connectivity index (χ1) is 21.8. The number of thioether (sulfide) groups is 1. The lowest BCUT2D eigenvalue weighted by Gasteiger charge is -2.12. The van der Waals surface area contributed by atoms with E-state index in [1.165, 1.54) is 31.5 Å². The fourth-order valence-electron chi connectivity index (χ4n) is 3.22. The third-order valence-corrected chi connectivity index (χ3v) is 10.7. The van der Waals surface area contributed by atoms with Gasteiger partial charge in [0, 0.05) is 47.2 Å². The molecule has 3 aromatic heterocycles. The number of aromatic nitrogens is 3. The molecule has 0 aliphatic carbocycles. The van der Waals surface area contributed by atoms with Gasteiger partial charge in [-0.05, 0) is 61.9 Å². The zero-order chi connectivity index (χ0) is 37.3. The van der Waals surface area contributed by atoms with Crippen LogP contribution in [-0.4, -0.2) is 47.2 Å². The Balaban J connectivity index is 0.000000365. The van der Waals surface area contributed by atoms with E-state index < -0.39 is 66.4 Å². The molecule has 268 valence electrons. The number of hydrogen-bond donors (Lipinski definition) is 0. The van der Waals surface area contributed by atoms with E-state index in [0.29, 0.717) is 5.56 Å². The quantitative estimate of drug-likeness (QED) is 0.133. The Morgan fingerprint density at radius 2 is 1.12 bits per heavy atom. The van der Waals surface area contributed by atoms with Crippen molar-refractivity contribution in [2.24, 2.45) is 4.47 Å². The smallest absolute Gasteiger partial charge is 0.259 e. The van der Waals surface area contributed by atoms with Crippen LogP contribution in [0, 0.1) is 10.1 Å². The number of hydrogen-bond acceptors (Lipinski definition) is 8. The minimum atomic E-state index is -4.57. The molecule has 3 aromatic rings. The number of nitrogens with zero attached hydrogens (tertiary/aromatic N) is 5. The largest absolute Gasteiger partial charge is 0.433 e. The first-order valence-electron chi connectivity index (χ1n) is 13.1. The van der Waals surface area contributed by atoms with Crippen molar-refractivity contribution in [3.05, 3.63) is 98.9 Å². The molecular weight excluding hydrogens is 726 g/mol. The number of pyridine rings is 3. The Morgan fingerprint density at radius 3 is 1.40 bits per heavy atom. The van der Waals surface area contributed by atoms with Crippen molar-refractivity contribution < 1.29 is 53.0 Å². The first-order valence-corrected chi connectivity index (χ1v) is 18.0. The zero-order valence-electron chi connectivity index (χ0n) is 25.9. The monoisotopic (exact) mass is 755 g/mol. The standard InChI is InChI=1S/C9H10F3N3O3S.C9H10F3NOS.C9H10F3NS/c1-6(19(2,18)14-15(16)17)7-3-4-8(13-5-7)9(10,11)12;1-6(15(2)14)7-3-4-8(13-5-7)9(10,11)12;1-6(14-2)7-3-4-8(13-5-7)9(10,11)12/h3-6H,1-2H3;3-6H,1-2H3;3-6H,1-2H3. The van der Waals surface area contributed by atoms with Crippen molar-refractivity contribution in [3.63, 3.8) is 0 Å². The van der Waals surface area contributed by atoms with Gasteiger partial charge in [-0.1, -0.05) is 18.2 Å². The van der Waals surface area contributed by atoms with Crippen molar-refractivity contribution in [2.45, 2.75) is 55.0 Å². The number of alkyl halides is 9. The summed E-state index contributed by atoms with van der Waals surface area (Å²) in [5, 5.41) is 8.11. The van der Waals surface area contributed by atoms with Crippen molar-refractivity contribution in [1.82, 2.24) is 15.0 Å². The molecule has 0 N–H and O–H groups in total. The SMILES string of the molecule is CC(c1ccc(C(F)(F)F)nc1)S(C)(=O)=N[N+](=O)[O-].CC(c1ccc(C(F)(F)F)nc1)S(C)=O.CSC(C)c1ccc(C(F)(F)F)nc1. The lowest BCUT2D eigenvalue weighted by atomic mass is 10.2. The predicted octanol–water partition coefficient (Wildman–Crippen LogP) is 8.52. The predicted molar refractivity (Wildman–Crippen MR) is 164 cm³/mol. The van der Waals surface area contributed by atoms with Crippen molar-refractivity contribution >= 4 is 32.3 Å². The highest BCUT2D eigenvalue weighted by Gasteiger charge is 2.34. The Labute approximate surface area is 276 Å². The highest BCUT2D eigenvalue weighted by molar-refractivity contribution is 7.98. The molecule has 5 atom stereocenters. The van der Waals surface area contributed by atoms with Crippen LogP contribution in [0.4, 0.5) is 39.5 Å². The fraction of sp³-hybridized carbons (Fsp3) is 0.444. The minimum absolute atomic E-state index is 0.171. The van der Waals surface area contributed by atoms with Crippen molar-refractivity contribution in [1.29, 1.82) is 0 Å². The lowest BCUT2D eigenvalue weighted by Crippen LogP contribution is -2.12. The van der Waals surface area contributed by atoms with E-state index >= 15 is 0 Å². The molecule has 0 aliphatic heterocycles. The molecule has 5 unspecified atom stereocenters. The van der Waals surface area contributed by atoms with Gasteiger partial charge < -0.3 is 0 Å². The van der Waals surface area contributed by atoms with Gasteiger partial charge in [0.15, 0.2) is 5.03 Å². The molecule has 21 heteroatoms. The second-order valence-electron chi connectivity index (χ2n) is 9.77. The summed E-state index contributed by atoms with van der Waals surface area (Å²) in [6.45, 7) is 4.98. The second kappa shape index (κ2) is 17.4. The molecule has 0 bridgehead atoms. The Bertz CT molecular complexity index is 1630. The summed E-state index contributed by atoms with van der Waals surface area (Å²) in [5.74, 6) is 0. The van der Waals surface area contributed by atoms with Crippen LogP contribution >= 0.6 is 11.8 Å². The topological polar surface area (TPSA) is 128 Å². The van der Waals surface area contributed by atoms with E-state index in [0.717, 1.165) is 48.5 Å². The van der Waals surface area contributed by atoms with Crippen LogP contribution in [0.1, 0.15) is 70.3 Å². The van der Waals surface area contributed by atoms with Gasteiger partial charge in [0.1, 0.15) is 31.3 Å². The van der Waals surface area contributed by atoms with Crippen LogP contribution in [0.3, 0.4) is 0 Å². The molecule has 0 aliphatic rings. The Kier molecular flexibility index (Phi) is 15.4. The summed E-state index contributed by atoms with van der Waals surface area (Å²) in [4.78, 5) is 20.1. The van der Waals surface area contributed by atoms with Crippen LogP contribution < -0.4 is 0 Å². The van der Waals surface area contributed by atoms with E-state index in [4.69, 9.17) is 0 Å². The third-order valence-electron chi connectivity index (χ3n) is 6.37. The Hall–Kier alpha value is -3.33. The van der Waals surface area contributed by atoms with Gasteiger partial charge in [0.25, 0.3) is 0 Å². The molecule has 0 saturated carbocycles. The van der Waals surface area contributed by atoms with E-state index in [9.17, 15) is 58.0 Å². The van der Waals surface area contributed by atoms with Crippen molar-refractivity contribution in [2.75, 3.05) is 18.8 Å². The van der Waals surface area contributed by atoms with Gasteiger partial charge in [-0.2, -0.15) is 51.3 Å². The van der Waals surface area contributed by atoms with Gasteiger partial charge in [0.05, 0.1) is 10.5 Å². The van der Waals surface area contributed by atoms with Crippen LogP contribution in [0.2, 0.25) is 0 Å². The maximum atomic E-state index is 12.3. The average Bonchev–Trinajstić information content (AvgIpc) is 2.98. The van der Waals surface area contributed by atoms with Crippen LogP contribution in [-0.2, 0) is 39.1 Å². The zero-order valence-corrected chi connectivity index (χ0v) is 28.4. The molecule has 0 amide bonds. The number of rotatable bonds is 7. The molecule has 48 heavy (non-hydrogen) atoms. The first kappa shape index (κ1) is 42.7. The van der Waals surface area contributed by atoms with Crippen LogP contribution in [0.5, 0.6) is 0 Å². The summed E-state index contributed by atoms with van der Waals surface area (Å²) in [7, 11) is -4.32. The molecule has 0 fully saturated rings. The summed E-state index contributed by atoms with van der Waals surface area (Å²) in [6.07, 6.45) is -5.57. The summed E-state index contributed by atoms with van der Waals surface area (Å²) >= 11 is 1.57. The van der Waals surface area contributed by atoms with Crippen molar-refractivity contribution in [3.8, 4) is 0 Å². The highest BCUT2D eigenvalue weighted by atomic mass is 32.2. The average molecular weight is 756 g/mol. The van der Waals surface area contributed by atoms with Gasteiger partial charge in [0.2, 0.25) is 0 Å². The maximum absolute atomic E-state index is 12.3. The van der Waals surface area contributed by atoms with E-state index in [1.54, 1.807) is 18.7 Å². The molecule has 9 nitrogen and oxygen atoms in total. The molecule has 0 aromatic carbocycles. The van der Waals surface area contributed by atoms with Crippen LogP contribution in [0.15, 0.2) is 59.5 Å². The van der Waals surface area contributed by atoms with Gasteiger partial charge >= 0.3 is 18.5 Å².